The van der Waals surface area contributed by atoms with Crippen LogP contribution < -0.4 is 9.47 Å². The van der Waals surface area contributed by atoms with Crippen molar-refractivity contribution in [2.24, 2.45) is 0 Å². The SMILES string of the molecule is COc1ccc(/C=C2\C=C(c3ccc(O)c(O)c3)OC2=O)cc1OC(C)=O. The van der Waals surface area contributed by atoms with E-state index in [-0.39, 0.29) is 28.6 Å². The van der Waals surface area contributed by atoms with Crippen molar-refractivity contribution in [3.05, 3.63) is 59.2 Å². The summed E-state index contributed by atoms with van der Waals surface area (Å²) >= 11 is 0. The molecule has 0 amide bonds. The number of phenols is 2. The van der Waals surface area contributed by atoms with Crippen LogP contribution >= 0.6 is 0 Å². The molecule has 1 heterocycles. The van der Waals surface area contributed by atoms with E-state index in [1.165, 1.54) is 38.3 Å². The number of aromatic hydroxyl groups is 2. The standard InChI is InChI=1S/C20H16O7/c1-11(21)26-19-8-12(3-6-17(19)25-2)7-14-10-18(27-20(14)24)13-4-5-15(22)16(23)9-13/h3-10,22-23H,1-2H3/b14-7+. The van der Waals surface area contributed by atoms with E-state index in [1.54, 1.807) is 24.3 Å². The Kier molecular flexibility index (Phi) is 4.85. The third-order valence-electron chi connectivity index (χ3n) is 3.75. The van der Waals surface area contributed by atoms with Gasteiger partial charge in [-0.25, -0.2) is 4.79 Å². The lowest BCUT2D eigenvalue weighted by Gasteiger charge is -2.08. The largest absolute Gasteiger partial charge is 0.504 e. The number of ether oxygens (including phenoxy) is 3. The van der Waals surface area contributed by atoms with E-state index in [2.05, 4.69) is 0 Å². The Morgan fingerprint density at radius 1 is 1.07 bits per heavy atom. The molecule has 0 fully saturated rings. The summed E-state index contributed by atoms with van der Waals surface area (Å²) in [5.74, 6) is -0.778. The van der Waals surface area contributed by atoms with Crippen molar-refractivity contribution in [1.29, 1.82) is 0 Å². The Hall–Kier alpha value is -3.74. The van der Waals surface area contributed by atoms with Gasteiger partial charge in [-0.1, -0.05) is 6.07 Å². The van der Waals surface area contributed by atoms with Gasteiger partial charge in [0, 0.05) is 12.5 Å². The monoisotopic (exact) mass is 368 g/mol. The van der Waals surface area contributed by atoms with Crippen molar-refractivity contribution < 1.29 is 34.0 Å². The summed E-state index contributed by atoms with van der Waals surface area (Å²) in [5.41, 5.74) is 1.32. The minimum atomic E-state index is -0.567. The maximum Gasteiger partial charge on any atom is 0.343 e. The second-order valence-electron chi connectivity index (χ2n) is 5.71. The van der Waals surface area contributed by atoms with Crippen LogP contribution in [0.1, 0.15) is 18.1 Å². The summed E-state index contributed by atoms with van der Waals surface area (Å²) < 4.78 is 15.5. The fraction of sp³-hybridized carbons (Fsp3) is 0.100. The summed E-state index contributed by atoms with van der Waals surface area (Å²) in [6, 6.07) is 9.00. The molecular formula is C20H16O7. The van der Waals surface area contributed by atoms with Gasteiger partial charge in [0.2, 0.25) is 0 Å². The van der Waals surface area contributed by atoms with Gasteiger partial charge in [0.1, 0.15) is 5.76 Å². The molecule has 3 rings (SSSR count). The molecule has 0 saturated heterocycles. The van der Waals surface area contributed by atoms with Gasteiger partial charge in [0.25, 0.3) is 0 Å². The van der Waals surface area contributed by atoms with Crippen LogP contribution in [0.3, 0.4) is 0 Å². The molecule has 0 aliphatic carbocycles. The van der Waals surface area contributed by atoms with Crippen LogP contribution in [0.2, 0.25) is 0 Å². The number of cyclic esters (lactones) is 1. The van der Waals surface area contributed by atoms with Gasteiger partial charge in [-0.05, 0) is 48.0 Å². The fourth-order valence-corrected chi connectivity index (χ4v) is 2.51. The Morgan fingerprint density at radius 2 is 1.85 bits per heavy atom. The molecule has 0 bridgehead atoms. The topological polar surface area (TPSA) is 102 Å². The van der Waals surface area contributed by atoms with Crippen LogP contribution in [-0.2, 0) is 14.3 Å². The van der Waals surface area contributed by atoms with E-state index in [4.69, 9.17) is 14.2 Å². The van der Waals surface area contributed by atoms with Crippen molar-refractivity contribution in [3.63, 3.8) is 0 Å². The molecular weight excluding hydrogens is 352 g/mol. The molecule has 0 aromatic heterocycles. The molecule has 7 heteroatoms. The van der Waals surface area contributed by atoms with Crippen molar-refractivity contribution in [1.82, 2.24) is 0 Å². The third kappa shape index (κ3) is 3.92. The lowest BCUT2D eigenvalue weighted by atomic mass is 10.1. The van der Waals surface area contributed by atoms with E-state index in [9.17, 15) is 19.8 Å². The molecule has 138 valence electrons. The van der Waals surface area contributed by atoms with Crippen LogP contribution in [0.5, 0.6) is 23.0 Å². The summed E-state index contributed by atoms with van der Waals surface area (Å²) in [5, 5.41) is 19.0. The molecule has 0 saturated carbocycles. The summed E-state index contributed by atoms with van der Waals surface area (Å²) in [7, 11) is 1.46. The smallest absolute Gasteiger partial charge is 0.343 e. The first-order valence-corrected chi connectivity index (χ1v) is 7.92. The summed E-state index contributed by atoms with van der Waals surface area (Å²) in [4.78, 5) is 23.4. The van der Waals surface area contributed by atoms with Gasteiger partial charge in [0.15, 0.2) is 23.0 Å². The number of carbonyl (C=O) groups is 2. The van der Waals surface area contributed by atoms with Crippen LogP contribution in [0.15, 0.2) is 48.0 Å². The maximum atomic E-state index is 12.1. The first-order chi connectivity index (χ1) is 12.9. The zero-order valence-corrected chi connectivity index (χ0v) is 14.6. The number of phenolic OH excluding ortho intramolecular Hbond substituents is 2. The Morgan fingerprint density at radius 3 is 2.52 bits per heavy atom. The summed E-state index contributed by atoms with van der Waals surface area (Å²) in [6.45, 7) is 1.28. The van der Waals surface area contributed by atoms with Gasteiger partial charge in [0.05, 0.1) is 12.7 Å². The number of benzene rings is 2. The molecule has 27 heavy (non-hydrogen) atoms. The zero-order chi connectivity index (χ0) is 19.6. The first kappa shape index (κ1) is 18.1. The van der Waals surface area contributed by atoms with E-state index in [1.807, 2.05) is 0 Å². The average molecular weight is 368 g/mol. The average Bonchev–Trinajstić information content (AvgIpc) is 2.98. The molecule has 0 radical (unpaired) electrons. The lowest BCUT2D eigenvalue weighted by molar-refractivity contribution is -0.132. The second-order valence-corrected chi connectivity index (χ2v) is 5.71. The Labute approximate surface area is 154 Å². The number of hydrogen-bond donors (Lipinski definition) is 2. The quantitative estimate of drug-likeness (QED) is 0.370. The second kappa shape index (κ2) is 7.25. The van der Waals surface area contributed by atoms with Crippen molar-refractivity contribution >= 4 is 23.8 Å². The summed E-state index contributed by atoms with van der Waals surface area (Å²) in [6.07, 6.45) is 3.09. The molecule has 1 aliphatic rings. The molecule has 0 atom stereocenters. The molecule has 1 aliphatic heterocycles. The van der Waals surface area contributed by atoms with E-state index < -0.39 is 11.9 Å². The maximum absolute atomic E-state index is 12.1. The van der Waals surface area contributed by atoms with Crippen LogP contribution in [0, 0.1) is 0 Å². The third-order valence-corrected chi connectivity index (χ3v) is 3.75. The van der Waals surface area contributed by atoms with Gasteiger partial charge in [-0.15, -0.1) is 0 Å². The van der Waals surface area contributed by atoms with Crippen LogP contribution in [-0.4, -0.2) is 29.3 Å². The highest BCUT2D eigenvalue weighted by atomic mass is 16.6. The van der Waals surface area contributed by atoms with Gasteiger partial charge >= 0.3 is 11.9 Å². The molecule has 2 aromatic carbocycles. The van der Waals surface area contributed by atoms with E-state index >= 15 is 0 Å². The minimum absolute atomic E-state index is 0.235. The molecule has 7 nitrogen and oxygen atoms in total. The molecule has 2 aromatic rings. The highest BCUT2D eigenvalue weighted by Gasteiger charge is 2.23. The van der Waals surface area contributed by atoms with Gasteiger partial charge in [-0.3, -0.25) is 4.79 Å². The first-order valence-electron chi connectivity index (χ1n) is 7.92. The highest BCUT2D eigenvalue weighted by molar-refractivity contribution is 6.05. The van der Waals surface area contributed by atoms with Crippen molar-refractivity contribution in [3.8, 4) is 23.0 Å². The van der Waals surface area contributed by atoms with Gasteiger partial charge < -0.3 is 24.4 Å². The van der Waals surface area contributed by atoms with E-state index in [0.717, 1.165) is 0 Å². The fourth-order valence-electron chi connectivity index (χ4n) is 2.51. The minimum Gasteiger partial charge on any atom is -0.504 e. The normalized spacial score (nSPS) is 14.7. The zero-order valence-electron chi connectivity index (χ0n) is 14.6. The van der Waals surface area contributed by atoms with E-state index in [0.29, 0.717) is 16.9 Å². The number of carbonyl (C=O) groups excluding carboxylic acids is 2. The van der Waals surface area contributed by atoms with Crippen LogP contribution in [0.4, 0.5) is 0 Å². The Balaban J connectivity index is 1.94. The number of esters is 2. The molecule has 0 spiro atoms. The number of rotatable bonds is 4. The number of hydrogen-bond acceptors (Lipinski definition) is 7. The Bertz CT molecular complexity index is 986. The predicted octanol–water partition coefficient (Wildman–Crippen LogP) is 3.01. The van der Waals surface area contributed by atoms with Crippen LogP contribution in [0.25, 0.3) is 11.8 Å². The van der Waals surface area contributed by atoms with Gasteiger partial charge in [-0.2, -0.15) is 0 Å². The lowest BCUT2D eigenvalue weighted by Crippen LogP contribution is -2.03. The molecule has 0 unspecified atom stereocenters. The van der Waals surface area contributed by atoms with Crippen molar-refractivity contribution in [2.75, 3.05) is 7.11 Å². The molecule has 2 N–H and O–H groups in total. The highest BCUT2D eigenvalue weighted by Crippen LogP contribution is 2.34. The predicted molar refractivity (Wildman–Crippen MR) is 96.1 cm³/mol. The van der Waals surface area contributed by atoms with Crippen molar-refractivity contribution in [2.45, 2.75) is 6.92 Å². The number of methoxy groups -OCH3 is 1.